The van der Waals surface area contributed by atoms with Gasteiger partial charge in [-0.1, -0.05) is 50.2 Å². The minimum atomic E-state index is -4.97. The molecule has 0 heterocycles. The molecule has 0 aromatic heterocycles. The first-order valence-electron chi connectivity index (χ1n) is 14.2. The van der Waals surface area contributed by atoms with Crippen molar-refractivity contribution < 1.29 is 44.7 Å². The molecule has 1 fully saturated rings. The smallest absolute Gasteiger partial charge is 0.428 e. The van der Waals surface area contributed by atoms with Crippen molar-refractivity contribution in [1.82, 2.24) is 16.0 Å². The third-order valence-electron chi connectivity index (χ3n) is 7.34. The van der Waals surface area contributed by atoms with E-state index in [0.29, 0.717) is 18.2 Å². The van der Waals surface area contributed by atoms with Crippen molar-refractivity contribution in [2.45, 2.75) is 69.7 Å². The lowest BCUT2D eigenvalue weighted by Gasteiger charge is -2.39. The first kappa shape index (κ1) is 34.0. The molecule has 1 unspecified atom stereocenters. The number of nitrogens with one attached hydrogen (secondary N) is 3. The van der Waals surface area contributed by atoms with E-state index in [2.05, 4.69) is 20.7 Å². The molecule has 0 radical (unpaired) electrons. The molecule has 0 aliphatic heterocycles. The third-order valence-corrected chi connectivity index (χ3v) is 7.34. The zero-order chi connectivity index (χ0) is 33.0. The van der Waals surface area contributed by atoms with E-state index in [1.54, 1.807) is 30.3 Å². The van der Waals surface area contributed by atoms with E-state index in [1.165, 1.54) is 12.1 Å². The normalized spacial score (nSPS) is 16.3. The molecule has 3 aromatic carbocycles. The topological polar surface area (TPSA) is 62.4 Å². The summed E-state index contributed by atoms with van der Waals surface area (Å²) in [4.78, 5) is 13.4. The van der Waals surface area contributed by atoms with Crippen LogP contribution in [-0.4, -0.2) is 37.1 Å². The second-order valence-electron chi connectivity index (χ2n) is 11.6. The van der Waals surface area contributed by atoms with Crippen LogP contribution in [0.2, 0.25) is 0 Å². The molecule has 5 nitrogen and oxygen atoms in total. The van der Waals surface area contributed by atoms with Gasteiger partial charge in [-0.3, -0.25) is 0 Å². The van der Waals surface area contributed by atoms with E-state index >= 15 is 8.78 Å². The zero-order valence-corrected chi connectivity index (χ0v) is 24.5. The van der Waals surface area contributed by atoms with Gasteiger partial charge in [0.05, 0.1) is 5.54 Å². The van der Waals surface area contributed by atoms with Crippen LogP contribution in [0, 0.1) is 17.6 Å². The highest BCUT2D eigenvalue weighted by molar-refractivity contribution is 5.77. The Balaban J connectivity index is 1.88. The summed E-state index contributed by atoms with van der Waals surface area (Å²) in [5.74, 6) is -5.46. The summed E-state index contributed by atoms with van der Waals surface area (Å²) in [7, 11) is 0. The maximum atomic E-state index is 15.1. The lowest BCUT2D eigenvalue weighted by molar-refractivity contribution is -0.253. The fourth-order valence-electron chi connectivity index (χ4n) is 5.18. The van der Waals surface area contributed by atoms with Crippen LogP contribution in [0.15, 0.2) is 66.7 Å². The molecule has 0 saturated heterocycles. The summed E-state index contributed by atoms with van der Waals surface area (Å²) in [5.41, 5.74) is -1.23. The Labute approximate surface area is 255 Å². The number of hydrogen-bond acceptors (Lipinski definition) is 3. The van der Waals surface area contributed by atoms with Crippen molar-refractivity contribution in [2.24, 2.45) is 5.92 Å². The van der Waals surface area contributed by atoms with Gasteiger partial charge in [-0.05, 0) is 53.4 Å². The number of carbonyl (C=O) groups is 1. The quantitative estimate of drug-likeness (QED) is 0.169. The number of benzene rings is 3. The maximum Gasteiger partial charge on any atom is 0.461 e. The summed E-state index contributed by atoms with van der Waals surface area (Å²) in [6.45, 7) is 4.49. The molecule has 1 atom stereocenters. The SMILES string of the molecule is CC(C)CNCc1cc(C(Cc2ccccc2)(NC(=O)NC2CC(F)(F)C2)c2cc(F)cc(OC(F)(F)C(F)F)c2)ccc1F. The molecule has 3 aromatic rings. The van der Waals surface area contributed by atoms with Crippen molar-refractivity contribution >= 4 is 6.03 Å². The fraction of sp³-hybridized carbons (Fsp3) is 0.406. The Morgan fingerprint density at radius 3 is 2.29 bits per heavy atom. The number of hydrogen-bond donors (Lipinski definition) is 3. The van der Waals surface area contributed by atoms with Crippen molar-refractivity contribution in [3.05, 3.63) is 101 Å². The average Bonchev–Trinajstić information content (AvgIpc) is 2.92. The largest absolute Gasteiger partial charge is 0.461 e. The zero-order valence-electron chi connectivity index (χ0n) is 24.5. The molecule has 0 spiro atoms. The predicted octanol–water partition coefficient (Wildman–Crippen LogP) is 7.53. The Bertz CT molecular complexity index is 1460. The molecule has 13 heteroatoms. The van der Waals surface area contributed by atoms with Gasteiger partial charge in [0.1, 0.15) is 17.4 Å². The summed E-state index contributed by atoms with van der Waals surface area (Å²) in [6, 6.07) is 12.6. The Kier molecular flexibility index (Phi) is 10.3. The monoisotopic (exact) mass is 643 g/mol. The molecule has 1 aliphatic rings. The van der Waals surface area contributed by atoms with Crippen LogP contribution in [0.5, 0.6) is 5.75 Å². The number of rotatable bonds is 13. The lowest BCUT2D eigenvalue weighted by Crippen LogP contribution is -2.58. The molecule has 244 valence electrons. The van der Waals surface area contributed by atoms with E-state index in [9.17, 15) is 31.1 Å². The highest BCUT2D eigenvalue weighted by Gasteiger charge is 2.47. The highest BCUT2D eigenvalue weighted by atomic mass is 19.3. The van der Waals surface area contributed by atoms with E-state index in [4.69, 9.17) is 0 Å². The van der Waals surface area contributed by atoms with Crippen LogP contribution in [-0.2, 0) is 18.5 Å². The van der Waals surface area contributed by atoms with Gasteiger partial charge in [0.15, 0.2) is 0 Å². The lowest BCUT2D eigenvalue weighted by atomic mass is 9.77. The third kappa shape index (κ3) is 8.65. The summed E-state index contributed by atoms with van der Waals surface area (Å²) in [5, 5.41) is 8.26. The predicted molar refractivity (Wildman–Crippen MR) is 151 cm³/mol. The summed E-state index contributed by atoms with van der Waals surface area (Å²) < 4.78 is 115. The van der Waals surface area contributed by atoms with E-state index < -0.39 is 66.3 Å². The second kappa shape index (κ2) is 13.6. The number of halogens is 8. The molecule has 1 aliphatic carbocycles. The minimum absolute atomic E-state index is 0.0563. The molecule has 1 saturated carbocycles. The van der Waals surface area contributed by atoms with Gasteiger partial charge in [-0.2, -0.15) is 17.6 Å². The van der Waals surface area contributed by atoms with Gasteiger partial charge < -0.3 is 20.7 Å². The number of urea groups is 1. The van der Waals surface area contributed by atoms with Gasteiger partial charge >= 0.3 is 18.6 Å². The van der Waals surface area contributed by atoms with E-state index in [-0.39, 0.29) is 35.6 Å². The molecule has 4 rings (SSSR count). The van der Waals surface area contributed by atoms with Crippen LogP contribution in [0.3, 0.4) is 0 Å². The number of alkyl halides is 6. The summed E-state index contributed by atoms with van der Waals surface area (Å²) in [6.07, 6.45) is -10.6. The standard InChI is InChI=1S/C32H33F8N3O2/c1-19(2)17-41-18-21-10-22(8-9-27(21)34)31(14-20-6-4-3-5-7-20,43-29(44)42-25-15-30(37,38)16-25)23-11-24(33)13-26(12-23)45-32(39,40)28(35)36/h3-13,19,25,28,41H,14-18H2,1-2H3,(H2,42,43,44). The van der Waals surface area contributed by atoms with Gasteiger partial charge in [0, 0.05) is 43.5 Å². The first-order valence-corrected chi connectivity index (χ1v) is 14.2. The van der Waals surface area contributed by atoms with Crippen LogP contribution in [0.25, 0.3) is 0 Å². The van der Waals surface area contributed by atoms with Crippen molar-refractivity contribution in [3.8, 4) is 5.75 Å². The average molecular weight is 644 g/mol. The molecular weight excluding hydrogens is 610 g/mol. The second-order valence-corrected chi connectivity index (χ2v) is 11.6. The van der Waals surface area contributed by atoms with Crippen LogP contribution in [0.1, 0.15) is 48.9 Å². The molecule has 0 bridgehead atoms. The van der Waals surface area contributed by atoms with E-state index in [0.717, 1.165) is 18.2 Å². The Hall–Kier alpha value is -3.87. The number of ether oxygens (including phenoxy) is 1. The molecule has 45 heavy (non-hydrogen) atoms. The number of amides is 2. The van der Waals surface area contributed by atoms with E-state index in [1.807, 2.05) is 13.8 Å². The molecule has 2 amide bonds. The maximum absolute atomic E-state index is 15.1. The van der Waals surface area contributed by atoms with Crippen molar-refractivity contribution in [3.63, 3.8) is 0 Å². The first-order chi connectivity index (χ1) is 21.1. The van der Waals surface area contributed by atoms with Gasteiger partial charge in [0.2, 0.25) is 0 Å². The van der Waals surface area contributed by atoms with Crippen molar-refractivity contribution in [2.75, 3.05) is 6.54 Å². The highest BCUT2D eigenvalue weighted by Crippen LogP contribution is 2.40. The Morgan fingerprint density at radius 1 is 0.978 bits per heavy atom. The van der Waals surface area contributed by atoms with Gasteiger partial charge in [0.25, 0.3) is 5.92 Å². The van der Waals surface area contributed by atoms with Gasteiger partial charge in [-0.25, -0.2) is 22.4 Å². The fourth-order valence-corrected chi connectivity index (χ4v) is 5.18. The van der Waals surface area contributed by atoms with Crippen molar-refractivity contribution in [1.29, 1.82) is 0 Å². The van der Waals surface area contributed by atoms with Crippen LogP contribution < -0.4 is 20.7 Å². The number of carbonyl (C=O) groups excluding carboxylic acids is 1. The molecular formula is C32H33F8N3O2. The summed E-state index contributed by atoms with van der Waals surface area (Å²) >= 11 is 0. The minimum Gasteiger partial charge on any atom is -0.428 e. The molecule has 3 N–H and O–H groups in total. The van der Waals surface area contributed by atoms with Crippen LogP contribution >= 0.6 is 0 Å². The van der Waals surface area contributed by atoms with Gasteiger partial charge in [-0.15, -0.1) is 0 Å². The Morgan fingerprint density at radius 2 is 1.67 bits per heavy atom. The van der Waals surface area contributed by atoms with Crippen LogP contribution in [0.4, 0.5) is 39.9 Å².